The Morgan fingerprint density at radius 3 is 2.61 bits per heavy atom. The molecule has 1 fully saturated rings. The average Bonchev–Trinajstić information content (AvgIpc) is 2.76. The second kappa shape index (κ2) is 17.7. The number of nitrogens with zero attached hydrogens (tertiary/aromatic N) is 3. The Hall–Kier alpha value is -0.810. The van der Waals surface area contributed by atoms with Crippen molar-refractivity contribution in [3.8, 4) is 0 Å². The van der Waals surface area contributed by atoms with E-state index in [-0.39, 0.29) is 24.0 Å². The predicted octanol–water partition coefficient (Wildman–Crippen LogP) is 3.08. The van der Waals surface area contributed by atoms with Crippen molar-refractivity contribution in [2.75, 3.05) is 84.2 Å². The molecule has 0 radical (unpaired) electrons. The van der Waals surface area contributed by atoms with Crippen LogP contribution in [0.15, 0.2) is 29.3 Å². The second-order valence-corrected chi connectivity index (χ2v) is 7.74. The molecule has 178 valence electrons. The van der Waals surface area contributed by atoms with Gasteiger partial charge in [0, 0.05) is 70.2 Å². The summed E-state index contributed by atoms with van der Waals surface area (Å²) in [6, 6.07) is 8.14. The lowest BCUT2D eigenvalue weighted by atomic mass is 10.2. The van der Waals surface area contributed by atoms with Gasteiger partial charge in [-0.05, 0) is 44.5 Å². The molecule has 1 aromatic carbocycles. The maximum absolute atomic E-state index is 6.12. The summed E-state index contributed by atoms with van der Waals surface area (Å²) >= 11 is 6.12. The highest BCUT2D eigenvalue weighted by atomic mass is 127. The highest BCUT2D eigenvalue weighted by Crippen LogP contribution is 2.20. The van der Waals surface area contributed by atoms with Gasteiger partial charge in [0.2, 0.25) is 0 Å². The monoisotopic (exact) mass is 567 g/mol. The standard InChI is InChI=1S/C22H38ClN5O2.HI/c1-3-24-22(26-10-6-16-30-18-17-29-2)25-9-5-11-27-12-14-28(15-13-27)21-8-4-7-20(23)19-21;/h4,7-8,19H,3,5-6,9-18H2,1-2H3,(H2,24,25,26);1H. The van der Waals surface area contributed by atoms with E-state index in [1.807, 2.05) is 12.1 Å². The van der Waals surface area contributed by atoms with E-state index < -0.39 is 0 Å². The third-order valence-electron chi connectivity index (χ3n) is 4.98. The maximum Gasteiger partial charge on any atom is 0.191 e. The van der Waals surface area contributed by atoms with Gasteiger partial charge in [-0.25, -0.2) is 0 Å². The van der Waals surface area contributed by atoms with E-state index >= 15 is 0 Å². The van der Waals surface area contributed by atoms with Gasteiger partial charge in [-0.3, -0.25) is 9.89 Å². The van der Waals surface area contributed by atoms with Crippen LogP contribution in [0.1, 0.15) is 19.8 Å². The van der Waals surface area contributed by atoms with Gasteiger partial charge in [-0.2, -0.15) is 0 Å². The lowest BCUT2D eigenvalue weighted by molar-refractivity contribution is 0.0702. The molecule has 1 aliphatic rings. The largest absolute Gasteiger partial charge is 0.382 e. The van der Waals surface area contributed by atoms with Gasteiger partial charge < -0.3 is 25.0 Å². The minimum atomic E-state index is 0. The van der Waals surface area contributed by atoms with E-state index in [4.69, 9.17) is 21.1 Å². The summed E-state index contributed by atoms with van der Waals surface area (Å²) < 4.78 is 10.4. The van der Waals surface area contributed by atoms with Gasteiger partial charge in [0.25, 0.3) is 0 Å². The number of methoxy groups -OCH3 is 1. The molecule has 0 unspecified atom stereocenters. The molecule has 2 rings (SSSR count). The van der Waals surface area contributed by atoms with Crippen molar-refractivity contribution in [3.63, 3.8) is 0 Å². The van der Waals surface area contributed by atoms with Crippen molar-refractivity contribution in [3.05, 3.63) is 29.3 Å². The number of halogens is 2. The van der Waals surface area contributed by atoms with Crippen molar-refractivity contribution in [2.45, 2.75) is 19.8 Å². The number of hydrogen-bond donors (Lipinski definition) is 2. The van der Waals surface area contributed by atoms with Crippen LogP contribution in [-0.2, 0) is 9.47 Å². The second-order valence-electron chi connectivity index (χ2n) is 7.31. The van der Waals surface area contributed by atoms with Crippen LogP contribution >= 0.6 is 35.6 Å². The van der Waals surface area contributed by atoms with Crippen molar-refractivity contribution in [1.29, 1.82) is 0 Å². The molecule has 0 amide bonds. The van der Waals surface area contributed by atoms with Crippen LogP contribution in [0.3, 0.4) is 0 Å². The van der Waals surface area contributed by atoms with E-state index in [2.05, 4.69) is 44.5 Å². The van der Waals surface area contributed by atoms with E-state index in [0.29, 0.717) is 19.8 Å². The average molecular weight is 568 g/mol. The Morgan fingerprint density at radius 1 is 1.10 bits per heavy atom. The molecule has 7 nitrogen and oxygen atoms in total. The van der Waals surface area contributed by atoms with Gasteiger partial charge >= 0.3 is 0 Å². The molecule has 2 N–H and O–H groups in total. The summed E-state index contributed by atoms with van der Waals surface area (Å²) in [4.78, 5) is 9.56. The first-order chi connectivity index (χ1) is 14.7. The number of hydrogen-bond acceptors (Lipinski definition) is 5. The highest BCUT2D eigenvalue weighted by molar-refractivity contribution is 14.0. The Morgan fingerprint density at radius 2 is 1.90 bits per heavy atom. The summed E-state index contributed by atoms with van der Waals surface area (Å²) in [5.74, 6) is 0.889. The number of anilines is 1. The molecule has 0 aliphatic carbocycles. The Labute approximate surface area is 209 Å². The fraction of sp³-hybridized carbons (Fsp3) is 0.682. The van der Waals surface area contributed by atoms with Gasteiger partial charge in [0.05, 0.1) is 13.2 Å². The summed E-state index contributed by atoms with van der Waals surface area (Å²) in [6.07, 6.45) is 2.01. The summed E-state index contributed by atoms with van der Waals surface area (Å²) in [5, 5.41) is 7.55. The van der Waals surface area contributed by atoms with Crippen molar-refractivity contribution in [2.24, 2.45) is 4.99 Å². The lowest BCUT2D eigenvalue weighted by Gasteiger charge is -2.36. The molecule has 1 saturated heterocycles. The first-order valence-corrected chi connectivity index (χ1v) is 11.4. The maximum atomic E-state index is 6.12. The van der Waals surface area contributed by atoms with E-state index in [1.165, 1.54) is 5.69 Å². The van der Waals surface area contributed by atoms with Crippen LogP contribution in [-0.4, -0.2) is 90.1 Å². The SMILES string of the molecule is CCNC(=NCCCOCCOC)NCCCN1CCN(c2cccc(Cl)c2)CC1.I. The predicted molar refractivity (Wildman–Crippen MR) is 141 cm³/mol. The topological polar surface area (TPSA) is 61.4 Å². The van der Waals surface area contributed by atoms with Crippen molar-refractivity contribution >= 4 is 47.2 Å². The zero-order valence-electron chi connectivity index (χ0n) is 18.9. The van der Waals surface area contributed by atoms with Crippen LogP contribution in [0.2, 0.25) is 5.02 Å². The normalized spacial score (nSPS) is 14.9. The van der Waals surface area contributed by atoms with Crippen LogP contribution in [0.4, 0.5) is 5.69 Å². The van der Waals surface area contributed by atoms with E-state index in [0.717, 1.165) is 76.2 Å². The molecule has 31 heavy (non-hydrogen) atoms. The van der Waals surface area contributed by atoms with Gasteiger partial charge in [0.1, 0.15) is 0 Å². The first kappa shape index (κ1) is 28.2. The van der Waals surface area contributed by atoms with Crippen molar-refractivity contribution in [1.82, 2.24) is 15.5 Å². The lowest BCUT2D eigenvalue weighted by Crippen LogP contribution is -2.47. The molecular weight excluding hydrogens is 529 g/mol. The quantitative estimate of drug-likeness (QED) is 0.165. The van der Waals surface area contributed by atoms with Gasteiger partial charge in [0.15, 0.2) is 5.96 Å². The smallest absolute Gasteiger partial charge is 0.191 e. The van der Waals surface area contributed by atoms with Crippen LogP contribution in [0, 0.1) is 0 Å². The van der Waals surface area contributed by atoms with Crippen molar-refractivity contribution < 1.29 is 9.47 Å². The number of benzene rings is 1. The number of ether oxygens (including phenoxy) is 2. The van der Waals surface area contributed by atoms with Gasteiger partial charge in [-0.1, -0.05) is 17.7 Å². The fourth-order valence-electron chi connectivity index (χ4n) is 3.36. The summed E-state index contributed by atoms with van der Waals surface area (Å²) in [7, 11) is 1.68. The van der Waals surface area contributed by atoms with Crippen LogP contribution in [0.5, 0.6) is 0 Å². The molecule has 0 aromatic heterocycles. The molecular formula is C22H39ClIN5O2. The number of aliphatic imine (C=N–C) groups is 1. The Balaban J connectivity index is 0.00000480. The molecule has 1 heterocycles. The summed E-state index contributed by atoms with van der Waals surface area (Å²) in [5.41, 5.74) is 1.22. The Kier molecular flexibility index (Phi) is 16.1. The van der Waals surface area contributed by atoms with Crippen LogP contribution in [0.25, 0.3) is 0 Å². The summed E-state index contributed by atoms with van der Waals surface area (Å²) in [6.45, 7) is 12.0. The van der Waals surface area contributed by atoms with Crippen LogP contribution < -0.4 is 15.5 Å². The number of rotatable bonds is 13. The number of piperazine rings is 1. The third kappa shape index (κ3) is 12.1. The molecule has 0 spiro atoms. The molecule has 0 bridgehead atoms. The zero-order chi connectivity index (χ0) is 21.4. The Bertz CT molecular complexity index is 615. The zero-order valence-corrected chi connectivity index (χ0v) is 22.0. The van der Waals surface area contributed by atoms with E-state index in [9.17, 15) is 0 Å². The number of guanidine groups is 1. The molecule has 1 aromatic rings. The minimum Gasteiger partial charge on any atom is -0.382 e. The molecule has 0 saturated carbocycles. The fourth-order valence-corrected chi connectivity index (χ4v) is 3.54. The first-order valence-electron chi connectivity index (χ1n) is 11.0. The number of nitrogens with one attached hydrogen (secondary N) is 2. The third-order valence-corrected chi connectivity index (χ3v) is 5.22. The minimum absolute atomic E-state index is 0. The molecule has 9 heteroatoms. The highest BCUT2D eigenvalue weighted by Gasteiger charge is 2.16. The molecule has 0 atom stereocenters. The van der Waals surface area contributed by atoms with Gasteiger partial charge in [-0.15, -0.1) is 24.0 Å². The van der Waals surface area contributed by atoms with E-state index in [1.54, 1.807) is 7.11 Å². The molecule has 1 aliphatic heterocycles.